The normalized spacial score (nSPS) is 17.6. The first kappa shape index (κ1) is 15.0. The maximum atomic E-state index is 13.4. The molecule has 0 radical (unpaired) electrons. The lowest BCUT2D eigenvalue weighted by molar-refractivity contribution is 0.399. The fraction of sp³-hybridized carbons (Fsp3) is 0.556. The Morgan fingerprint density at radius 1 is 1.29 bits per heavy atom. The minimum Gasteiger partial charge on any atom is -0.309 e. The van der Waals surface area contributed by atoms with Gasteiger partial charge in [0.15, 0.2) is 0 Å². The van der Waals surface area contributed by atoms with E-state index < -0.39 is 0 Å². The summed E-state index contributed by atoms with van der Waals surface area (Å²) >= 11 is 1.75. The van der Waals surface area contributed by atoms with Crippen molar-refractivity contribution < 1.29 is 4.39 Å². The van der Waals surface area contributed by atoms with Gasteiger partial charge in [-0.15, -0.1) is 11.3 Å². The molecule has 3 rings (SSSR count). The Kier molecular flexibility index (Phi) is 4.91. The molecule has 1 aromatic heterocycles. The zero-order chi connectivity index (χ0) is 14.7. The van der Waals surface area contributed by atoms with Gasteiger partial charge in [-0.05, 0) is 48.9 Å². The van der Waals surface area contributed by atoms with Crippen LogP contribution in [0.5, 0.6) is 0 Å². The van der Waals surface area contributed by atoms with E-state index in [0.29, 0.717) is 6.04 Å². The molecule has 0 saturated heterocycles. The second-order valence-electron chi connectivity index (χ2n) is 6.22. The third-order valence-electron chi connectivity index (χ3n) is 4.53. The molecule has 1 heterocycles. The van der Waals surface area contributed by atoms with Gasteiger partial charge < -0.3 is 5.32 Å². The van der Waals surface area contributed by atoms with E-state index in [1.54, 1.807) is 23.5 Å². The molecule has 1 saturated carbocycles. The summed E-state index contributed by atoms with van der Waals surface area (Å²) in [6.45, 7) is 3.26. The first-order valence-corrected chi connectivity index (χ1v) is 9.00. The van der Waals surface area contributed by atoms with E-state index in [-0.39, 0.29) is 5.82 Å². The second kappa shape index (κ2) is 6.89. The highest BCUT2D eigenvalue weighted by Crippen LogP contribution is 2.37. The molecule has 1 N–H and O–H groups in total. The van der Waals surface area contributed by atoms with Crippen LogP contribution in [-0.4, -0.2) is 6.54 Å². The zero-order valence-corrected chi connectivity index (χ0v) is 13.5. The summed E-state index contributed by atoms with van der Waals surface area (Å²) in [5.74, 6) is 0.728. The monoisotopic (exact) mass is 305 g/mol. The fourth-order valence-electron chi connectivity index (χ4n) is 3.40. The first-order valence-electron chi connectivity index (χ1n) is 8.18. The van der Waals surface area contributed by atoms with Gasteiger partial charge in [0.05, 0.1) is 0 Å². The summed E-state index contributed by atoms with van der Waals surface area (Å²) in [5, 5.41) is 4.88. The van der Waals surface area contributed by atoms with Gasteiger partial charge in [0.1, 0.15) is 5.82 Å². The fourth-order valence-corrected chi connectivity index (χ4v) is 4.57. The lowest BCUT2D eigenvalue weighted by Crippen LogP contribution is -2.23. The van der Waals surface area contributed by atoms with Crippen molar-refractivity contribution in [2.45, 2.75) is 51.5 Å². The molecule has 1 atom stereocenters. The number of nitrogens with one attached hydrogen (secondary N) is 1. The van der Waals surface area contributed by atoms with Crippen LogP contribution in [0.3, 0.4) is 0 Å². The number of thiophene rings is 1. The van der Waals surface area contributed by atoms with Crippen molar-refractivity contribution in [3.05, 3.63) is 35.0 Å². The van der Waals surface area contributed by atoms with Gasteiger partial charge >= 0.3 is 0 Å². The minimum absolute atomic E-state index is 0.134. The molecule has 1 fully saturated rings. The van der Waals surface area contributed by atoms with Crippen molar-refractivity contribution in [3.8, 4) is 0 Å². The molecule has 114 valence electrons. The topological polar surface area (TPSA) is 12.0 Å². The van der Waals surface area contributed by atoms with Crippen LogP contribution < -0.4 is 5.32 Å². The van der Waals surface area contributed by atoms with Gasteiger partial charge in [-0.3, -0.25) is 0 Å². The van der Waals surface area contributed by atoms with Crippen LogP contribution in [0, 0.1) is 11.7 Å². The number of hydrogen-bond donors (Lipinski definition) is 1. The number of hydrogen-bond acceptors (Lipinski definition) is 2. The molecule has 1 unspecified atom stereocenters. The molecule has 2 aromatic rings. The van der Waals surface area contributed by atoms with Crippen LogP contribution >= 0.6 is 11.3 Å². The van der Waals surface area contributed by atoms with Crippen molar-refractivity contribution in [2.24, 2.45) is 5.92 Å². The van der Waals surface area contributed by atoms with Crippen molar-refractivity contribution in [1.82, 2.24) is 5.32 Å². The Hall–Kier alpha value is -0.930. The average Bonchev–Trinajstić information content (AvgIpc) is 3.11. The van der Waals surface area contributed by atoms with E-state index in [2.05, 4.69) is 18.3 Å². The van der Waals surface area contributed by atoms with Crippen LogP contribution in [0.4, 0.5) is 4.39 Å². The lowest BCUT2D eigenvalue weighted by atomic mass is 9.97. The van der Waals surface area contributed by atoms with Crippen molar-refractivity contribution in [3.63, 3.8) is 0 Å². The highest BCUT2D eigenvalue weighted by atomic mass is 32.1. The van der Waals surface area contributed by atoms with Crippen molar-refractivity contribution in [1.29, 1.82) is 0 Å². The molecule has 1 aliphatic carbocycles. The van der Waals surface area contributed by atoms with E-state index in [0.717, 1.165) is 23.6 Å². The number of fused-ring (bicyclic) bond motifs is 1. The molecular formula is C18H24FNS. The smallest absolute Gasteiger partial charge is 0.124 e. The molecule has 0 bridgehead atoms. The van der Waals surface area contributed by atoms with E-state index in [1.165, 1.54) is 42.4 Å². The van der Waals surface area contributed by atoms with E-state index in [9.17, 15) is 4.39 Å². The lowest BCUT2D eigenvalue weighted by Gasteiger charge is -2.20. The highest BCUT2D eigenvalue weighted by Gasteiger charge is 2.22. The predicted molar refractivity (Wildman–Crippen MR) is 89.4 cm³/mol. The molecule has 21 heavy (non-hydrogen) atoms. The van der Waals surface area contributed by atoms with E-state index >= 15 is 0 Å². The molecular weight excluding hydrogens is 281 g/mol. The molecule has 0 amide bonds. The summed E-state index contributed by atoms with van der Waals surface area (Å²) in [7, 11) is 0. The molecule has 1 nitrogen and oxygen atoms in total. The molecule has 0 aliphatic heterocycles. The zero-order valence-electron chi connectivity index (χ0n) is 12.7. The molecule has 1 aliphatic rings. The Bertz CT molecular complexity index is 586. The van der Waals surface area contributed by atoms with E-state index in [1.807, 2.05) is 6.07 Å². The summed E-state index contributed by atoms with van der Waals surface area (Å²) in [6.07, 6.45) is 7.93. The molecule has 3 heteroatoms. The second-order valence-corrected chi connectivity index (χ2v) is 7.34. The molecule has 0 spiro atoms. The van der Waals surface area contributed by atoms with Crippen LogP contribution in [0.25, 0.3) is 10.1 Å². The summed E-state index contributed by atoms with van der Waals surface area (Å²) in [5.41, 5.74) is 0. The molecule has 1 aromatic carbocycles. The Balaban J connectivity index is 1.81. The van der Waals surface area contributed by atoms with Crippen LogP contribution in [0.2, 0.25) is 0 Å². The van der Waals surface area contributed by atoms with Crippen LogP contribution in [0.15, 0.2) is 24.3 Å². The standard InChI is InChI=1S/C18H24FNS/c1-2-9-20-16(10-13-5-3-4-6-13)18-11-14-7-8-15(19)12-17(14)21-18/h7-8,11-13,16,20H,2-6,9-10H2,1H3. The van der Waals surface area contributed by atoms with Crippen molar-refractivity contribution >= 4 is 21.4 Å². The third-order valence-corrected chi connectivity index (χ3v) is 5.74. The summed E-state index contributed by atoms with van der Waals surface area (Å²) in [4.78, 5) is 1.37. The maximum absolute atomic E-state index is 13.4. The largest absolute Gasteiger partial charge is 0.309 e. The number of benzene rings is 1. The maximum Gasteiger partial charge on any atom is 0.124 e. The third kappa shape index (κ3) is 3.64. The highest BCUT2D eigenvalue weighted by molar-refractivity contribution is 7.19. The Labute approximate surface area is 130 Å². The van der Waals surface area contributed by atoms with Gasteiger partial charge in [0.2, 0.25) is 0 Å². The van der Waals surface area contributed by atoms with Gasteiger partial charge in [-0.2, -0.15) is 0 Å². The van der Waals surface area contributed by atoms with Crippen molar-refractivity contribution in [2.75, 3.05) is 6.54 Å². The Morgan fingerprint density at radius 2 is 2.10 bits per heavy atom. The first-order chi connectivity index (χ1) is 10.3. The quantitative estimate of drug-likeness (QED) is 0.726. The summed E-state index contributed by atoms with van der Waals surface area (Å²) < 4.78 is 14.4. The predicted octanol–water partition coefficient (Wildman–Crippen LogP) is 5.66. The number of rotatable bonds is 6. The average molecular weight is 305 g/mol. The minimum atomic E-state index is -0.134. The van der Waals surface area contributed by atoms with Gasteiger partial charge in [0.25, 0.3) is 0 Å². The van der Waals surface area contributed by atoms with Gasteiger partial charge in [0, 0.05) is 15.6 Å². The van der Waals surface area contributed by atoms with E-state index in [4.69, 9.17) is 0 Å². The number of halogens is 1. The van der Waals surface area contributed by atoms with Crippen LogP contribution in [0.1, 0.15) is 56.4 Å². The SMILES string of the molecule is CCCNC(CC1CCCC1)c1cc2ccc(F)cc2s1. The van der Waals surface area contributed by atoms with Gasteiger partial charge in [-0.25, -0.2) is 4.39 Å². The summed E-state index contributed by atoms with van der Waals surface area (Å²) in [6, 6.07) is 7.81. The van der Waals surface area contributed by atoms with Crippen LogP contribution in [-0.2, 0) is 0 Å². The van der Waals surface area contributed by atoms with Gasteiger partial charge in [-0.1, -0.05) is 38.7 Å². The Morgan fingerprint density at radius 3 is 2.86 bits per heavy atom.